The predicted molar refractivity (Wildman–Crippen MR) is 136 cm³/mol. The lowest BCUT2D eigenvalue weighted by Crippen LogP contribution is -2.37. The Morgan fingerprint density at radius 1 is 1.00 bits per heavy atom. The maximum Gasteiger partial charge on any atom is 0.235 e. The van der Waals surface area contributed by atoms with Crippen LogP contribution in [0.4, 0.5) is 11.6 Å². The zero-order chi connectivity index (χ0) is 23.9. The first-order valence-corrected chi connectivity index (χ1v) is 11.6. The number of hydrogen-bond acceptors (Lipinski definition) is 8. The summed E-state index contributed by atoms with van der Waals surface area (Å²) in [6.45, 7) is 5.72. The number of ether oxygens (including phenoxy) is 3. The molecule has 3 heterocycles. The number of aryl methyl sites for hydroxylation is 1. The number of morpholine rings is 1. The molecule has 0 amide bonds. The van der Waals surface area contributed by atoms with Crippen molar-refractivity contribution in [3.63, 3.8) is 0 Å². The summed E-state index contributed by atoms with van der Waals surface area (Å²) >= 11 is 0. The Morgan fingerprint density at radius 3 is 2.66 bits per heavy atom. The van der Waals surface area contributed by atoms with Gasteiger partial charge in [-0.1, -0.05) is 48.0 Å². The van der Waals surface area contributed by atoms with E-state index in [1.165, 1.54) is 5.56 Å². The maximum atomic E-state index is 5.85. The summed E-state index contributed by atoms with van der Waals surface area (Å²) in [6, 6.07) is 21.6. The molecule has 1 aliphatic heterocycles. The van der Waals surface area contributed by atoms with Gasteiger partial charge in [-0.15, -0.1) is 5.10 Å². The van der Waals surface area contributed by atoms with Crippen LogP contribution in [0.15, 0.2) is 71.8 Å². The van der Waals surface area contributed by atoms with Crippen LogP contribution < -0.4 is 19.8 Å². The summed E-state index contributed by atoms with van der Waals surface area (Å²) in [6.07, 6.45) is 1.78. The fourth-order valence-corrected chi connectivity index (χ4v) is 3.83. The molecule has 1 aliphatic rings. The van der Waals surface area contributed by atoms with Crippen molar-refractivity contribution in [3.8, 4) is 11.6 Å². The Hall–Kier alpha value is -4.11. The van der Waals surface area contributed by atoms with Crippen molar-refractivity contribution in [1.29, 1.82) is 0 Å². The number of rotatable bonds is 9. The van der Waals surface area contributed by atoms with Gasteiger partial charge in [0.15, 0.2) is 11.5 Å². The highest BCUT2D eigenvalue weighted by Crippen LogP contribution is 2.24. The fourth-order valence-electron chi connectivity index (χ4n) is 3.83. The Bertz CT molecular complexity index is 1280. The zero-order valence-electron chi connectivity index (χ0n) is 19.6. The van der Waals surface area contributed by atoms with E-state index in [1.54, 1.807) is 10.7 Å². The van der Waals surface area contributed by atoms with Crippen LogP contribution in [-0.4, -0.2) is 60.3 Å². The van der Waals surface area contributed by atoms with Gasteiger partial charge in [-0.3, -0.25) is 5.43 Å². The lowest BCUT2D eigenvalue weighted by atomic mass is 10.2. The molecule has 0 bridgehead atoms. The molecule has 0 aliphatic carbocycles. The first-order valence-electron chi connectivity index (χ1n) is 11.6. The lowest BCUT2D eigenvalue weighted by molar-refractivity contribution is 0.122. The van der Waals surface area contributed by atoms with Gasteiger partial charge in [-0.05, 0) is 24.6 Å². The van der Waals surface area contributed by atoms with Crippen molar-refractivity contribution in [2.24, 2.45) is 5.10 Å². The average Bonchev–Trinajstić information content (AvgIpc) is 3.30. The van der Waals surface area contributed by atoms with E-state index >= 15 is 0 Å². The number of hydrazone groups is 1. The van der Waals surface area contributed by atoms with Crippen LogP contribution >= 0.6 is 0 Å². The van der Waals surface area contributed by atoms with Gasteiger partial charge in [-0.25, -0.2) is 4.98 Å². The van der Waals surface area contributed by atoms with Gasteiger partial charge in [-0.2, -0.15) is 9.62 Å². The largest absolute Gasteiger partial charge is 0.490 e. The number of anilines is 2. The van der Waals surface area contributed by atoms with E-state index in [4.69, 9.17) is 14.2 Å². The molecule has 1 fully saturated rings. The van der Waals surface area contributed by atoms with Crippen LogP contribution in [0.25, 0.3) is 5.65 Å². The molecule has 0 spiro atoms. The van der Waals surface area contributed by atoms with Crippen molar-refractivity contribution in [3.05, 3.63) is 77.9 Å². The van der Waals surface area contributed by atoms with E-state index in [1.807, 2.05) is 54.6 Å². The molecule has 2 aromatic carbocycles. The van der Waals surface area contributed by atoms with Gasteiger partial charge in [0.25, 0.3) is 0 Å². The monoisotopic (exact) mass is 472 g/mol. The van der Waals surface area contributed by atoms with Crippen LogP contribution in [0.2, 0.25) is 0 Å². The molecule has 0 unspecified atom stereocenters. The molecular weight excluding hydrogens is 444 g/mol. The summed E-state index contributed by atoms with van der Waals surface area (Å²) in [7, 11) is 0. The van der Waals surface area contributed by atoms with Gasteiger partial charge in [0.05, 0.1) is 19.4 Å². The molecular formula is C26H28N6O3. The summed E-state index contributed by atoms with van der Waals surface area (Å²) < 4.78 is 18.9. The third-order valence-corrected chi connectivity index (χ3v) is 5.50. The topological polar surface area (TPSA) is 85.5 Å². The van der Waals surface area contributed by atoms with E-state index in [9.17, 15) is 0 Å². The van der Waals surface area contributed by atoms with Crippen molar-refractivity contribution < 1.29 is 14.2 Å². The van der Waals surface area contributed by atoms with Gasteiger partial charge in [0, 0.05) is 25.2 Å². The summed E-state index contributed by atoms with van der Waals surface area (Å²) in [5.74, 6) is 2.83. The second-order valence-corrected chi connectivity index (χ2v) is 8.15. The van der Waals surface area contributed by atoms with E-state index < -0.39 is 0 Å². The van der Waals surface area contributed by atoms with Crippen molar-refractivity contribution in [1.82, 2.24) is 14.6 Å². The zero-order valence-corrected chi connectivity index (χ0v) is 19.6. The minimum atomic E-state index is 0.373. The van der Waals surface area contributed by atoms with Crippen molar-refractivity contribution in [2.75, 3.05) is 49.8 Å². The Labute approximate surface area is 204 Å². The van der Waals surface area contributed by atoms with Crippen LogP contribution in [0, 0.1) is 6.92 Å². The normalized spacial score (nSPS) is 13.9. The number of benzene rings is 2. The van der Waals surface area contributed by atoms with Crippen LogP contribution in [0.5, 0.6) is 11.6 Å². The number of nitrogens with one attached hydrogen (secondary N) is 1. The molecule has 9 heteroatoms. The van der Waals surface area contributed by atoms with E-state index in [0.29, 0.717) is 43.8 Å². The lowest BCUT2D eigenvalue weighted by Gasteiger charge is -2.29. The van der Waals surface area contributed by atoms with Gasteiger partial charge >= 0.3 is 0 Å². The molecule has 1 N–H and O–H groups in total. The SMILES string of the molecule is Cc1cccc(/C=N/Nc2cc(N3CCOCC3)n3nc(OCCOc4ccccc4)cc3n2)c1. The molecule has 2 aromatic heterocycles. The maximum absolute atomic E-state index is 5.85. The van der Waals surface area contributed by atoms with Crippen LogP contribution in [0.1, 0.15) is 11.1 Å². The van der Waals surface area contributed by atoms with Crippen LogP contribution in [-0.2, 0) is 4.74 Å². The number of nitrogens with zero attached hydrogens (tertiary/aromatic N) is 5. The van der Waals surface area contributed by atoms with Gasteiger partial charge < -0.3 is 19.1 Å². The first kappa shape index (κ1) is 22.7. The van der Waals surface area contributed by atoms with E-state index in [2.05, 4.69) is 44.6 Å². The standard InChI is InChI=1S/C26H28N6O3/c1-20-6-5-7-21(16-20)19-27-29-23-17-26(31-10-12-33-13-11-31)32-24(28-23)18-25(30-32)35-15-14-34-22-8-3-2-4-9-22/h2-9,16-19H,10-15H2,1H3,(H,28,29)/b27-19+. The molecule has 4 aromatic rings. The Morgan fingerprint density at radius 2 is 1.83 bits per heavy atom. The quantitative estimate of drug-likeness (QED) is 0.225. The molecule has 0 saturated carbocycles. The molecule has 5 rings (SSSR count). The molecule has 1 saturated heterocycles. The minimum absolute atomic E-state index is 0.373. The summed E-state index contributed by atoms with van der Waals surface area (Å²) in [5, 5.41) is 9.02. The van der Waals surface area contributed by atoms with Gasteiger partial charge in [0.1, 0.15) is 24.8 Å². The van der Waals surface area contributed by atoms with Crippen molar-refractivity contribution in [2.45, 2.75) is 6.92 Å². The van der Waals surface area contributed by atoms with Crippen molar-refractivity contribution >= 4 is 23.5 Å². The highest BCUT2D eigenvalue weighted by molar-refractivity contribution is 5.80. The highest BCUT2D eigenvalue weighted by Gasteiger charge is 2.18. The number of aromatic nitrogens is 3. The van der Waals surface area contributed by atoms with Gasteiger partial charge in [0.2, 0.25) is 5.88 Å². The number of para-hydroxylation sites is 1. The Kier molecular flexibility index (Phi) is 7.05. The first-order chi connectivity index (χ1) is 17.2. The molecule has 180 valence electrons. The predicted octanol–water partition coefficient (Wildman–Crippen LogP) is 3.78. The average molecular weight is 473 g/mol. The second-order valence-electron chi connectivity index (χ2n) is 8.15. The summed E-state index contributed by atoms with van der Waals surface area (Å²) in [5.41, 5.74) is 5.93. The third-order valence-electron chi connectivity index (χ3n) is 5.50. The highest BCUT2D eigenvalue weighted by atomic mass is 16.5. The van der Waals surface area contributed by atoms with Crippen LogP contribution in [0.3, 0.4) is 0 Å². The molecule has 9 nitrogen and oxygen atoms in total. The number of fused-ring (bicyclic) bond motifs is 1. The smallest absolute Gasteiger partial charge is 0.235 e. The third kappa shape index (κ3) is 5.88. The molecule has 0 atom stereocenters. The summed E-state index contributed by atoms with van der Waals surface area (Å²) in [4.78, 5) is 6.91. The minimum Gasteiger partial charge on any atom is -0.490 e. The molecule has 35 heavy (non-hydrogen) atoms. The van der Waals surface area contributed by atoms with E-state index in [-0.39, 0.29) is 0 Å². The fraction of sp³-hybridized carbons (Fsp3) is 0.269. The Balaban J connectivity index is 1.32. The number of hydrogen-bond donors (Lipinski definition) is 1. The van der Waals surface area contributed by atoms with E-state index in [0.717, 1.165) is 30.2 Å². The molecule has 0 radical (unpaired) electrons. The second kappa shape index (κ2) is 10.9.